The molecule has 0 fully saturated rings. The van der Waals surface area contributed by atoms with Crippen LogP contribution in [0.2, 0.25) is 0 Å². The Morgan fingerprint density at radius 3 is 2.32 bits per heavy atom. The fraction of sp³-hybridized carbons (Fsp3) is 0.100. The molecule has 4 nitrogen and oxygen atoms in total. The predicted molar refractivity (Wildman–Crippen MR) is 102 cm³/mol. The summed E-state index contributed by atoms with van der Waals surface area (Å²) in [4.78, 5) is 24.2. The number of hydrogen-bond acceptors (Lipinski definition) is 3. The van der Waals surface area contributed by atoms with Gasteiger partial charge in [0.1, 0.15) is 0 Å². The second-order valence-electron chi connectivity index (χ2n) is 5.82. The fourth-order valence-electron chi connectivity index (χ4n) is 2.54. The molecule has 1 aromatic heterocycles. The van der Waals surface area contributed by atoms with Crippen molar-refractivity contribution in [1.82, 2.24) is 0 Å². The molecular formula is C20H18N2O2S. The highest BCUT2D eigenvalue weighted by molar-refractivity contribution is 7.12. The molecule has 0 saturated carbocycles. The van der Waals surface area contributed by atoms with Crippen molar-refractivity contribution in [3.05, 3.63) is 76.0 Å². The van der Waals surface area contributed by atoms with Crippen molar-refractivity contribution in [3.63, 3.8) is 0 Å². The standard InChI is InChI=1S/C20H18N2O2S/c1-13-2-6-15(7-3-13)17-10-11-25-19(17)20(24)22-16-8-4-14(5-9-16)12-18(21)23/h2-11H,12H2,1H3,(H2,21,23)(H,22,24). The Morgan fingerprint density at radius 1 is 1.00 bits per heavy atom. The molecule has 5 heteroatoms. The molecule has 0 spiro atoms. The number of benzene rings is 2. The van der Waals surface area contributed by atoms with Gasteiger partial charge in [0.25, 0.3) is 5.91 Å². The van der Waals surface area contributed by atoms with Gasteiger partial charge in [-0.05, 0) is 41.6 Å². The summed E-state index contributed by atoms with van der Waals surface area (Å²) < 4.78 is 0. The van der Waals surface area contributed by atoms with E-state index in [0.717, 1.165) is 16.7 Å². The number of nitrogens with two attached hydrogens (primary N) is 1. The maximum atomic E-state index is 12.6. The zero-order valence-corrected chi connectivity index (χ0v) is 14.6. The Kier molecular flexibility index (Phi) is 4.95. The molecule has 0 bridgehead atoms. The number of primary amides is 1. The summed E-state index contributed by atoms with van der Waals surface area (Å²) in [6.45, 7) is 2.03. The van der Waals surface area contributed by atoms with E-state index in [1.807, 2.05) is 42.6 Å². The fourth-order valence-corrected chi connectivity index (χ4v) is 3.35. The highest BCUT2D eigenvalue weighted by Crippen LogP contribution is 2.29. The third-order valence-electron chi connectivity index (χ3n) is 3.82. The molecule has 2 amide bonds. The lowest BCUT2D eigenvalue weighted by atomic mass is 10.0. The normalized spacial score (nSPS) is 10.4. The van der Waals surface area contributed by atoms with Crippen LogP contribution in [0.5, 0.6) is 0 Å². The van der Waals surface area contributed by atoms with E-state index >= 15 is 0 Å². The van der Waals surface area contributed by atoms with Gasteiger partial charge in [-0.1, -0.05) is 42.0 Å². The summed E-state index contributed by atoms with van der Waals surface area (Å²) >= 11 is 1.41. The van der Waals surface area contributed by atoms with Crippen LogP contribution in [-0.4, -0.2) is 11.8 Å². The van der Waals surface area contributed by atoms with Crippen LogP contribution in [0.25, 0.3) is 11.1 Å². The molecule has 1 heterocycles. The van der Waals surface area contributed by atoms with Gasteiger partial charge in [0.2, 0.25) is 5.91 Å². The number of hydrogen-bond donors (Lipinski definition) is 2. The number of aryl methyl sites for hydroxylation is 1. The molecule has 0 aliphatic rings. The summed E-state index contributed by atoms with van der Waals surface area (Å²) in [5.41, 5.74) is 9.81. The third kappa shape index (κ3) is 4.14. The highest BCUT2D eigenvalue weighted by Gasteiger charge is 2.15. The molecular weight excluding hydrogens is 332 g/mol. The molecule has 0 unspecified atom stereocenters. The first-order valence-electron chi connectivity index (χ1n) is 7.86. The summed E-state index contributed by atoms with van der Waals surface area (Å²) in [6, 6.07) is 17.2. The van der Waals surface area contributed by atoms with Crippen molar-refractivity contribution in [1.29, 1.82) is 0 Å². The van der Waals surface area contributed by atoms with Crippen molar-refractivity contribution in [2.45, 2.75) is 13.3 Å². The Bertz CT molecular complexity index is 896. The zero-order chi connectivity index (χ0) is 17.8. The number of carbonyl (C=O) groups excluding carboxylic acids is 2. The Labute approximate surface area is 150 Å². The van der Waals surface area contributed by atoms with Crippen LogP contribution in [0.3, 0.4) is 0 Å². The SMILES string of the molecule is Cc1ccc(-c2ccsc2C(=O)Nc2ccc(CC(N)=O)cc2)cc1. The number of rotatable bonds is 5. The van der Waals surface area contributed by atoms with Crippen molar-refractivity contribution >= 4 is 28.8 Å². The van der Waals surface area contributed by atoms with Gasteiger partial charge in [0.05, 0.1) is 11.3 Å². The summed E-state index contributed by atoms with van der Waals surface area (Å²) in [5.74, 6) is -0.522. The second kappa shape index (κ2) is 7.32. The van der Waals surface area contributed by atoms with Crippen molar-refractivity contribution in [2.24, 2.45) is 5.73 Å². The lowest BCUT2D eigenvalue weighted by Gasteiger charge is -2.07. The number of amides is 2. The van der Waals surface area contributed by atoms with E-state index in [1.54, 1.807) is 24.3 Å². The lowest BCUT2D eigenvalue weighted by molar-refractivity contribution is -0.117. The number of nitrogens with one attached hydrogen (secondary N) is 1. The second-order valence-corrected chi connectivity index (χ2v) is 6.74. The first-order valence-corrected chi connectivity index (χ1v) is 8.74. The average Bonchev–Trinajstić information content (AvgIpc) is 3.06. The van der Waals surface area contributed by atoms with Crippen molar-refractivity contribution in [3.8, 4) is 11.1 Å². The zero-order valence-electron chi connectivity index (χ0n) is 13.8. The maximum Gasteiger partial charge on any atom is 0.266 e. The minimum Gasteiger partial charge on any atom is -0.369 e. The molecule has 0 radical (unpaired) electrons. The minimum absolute atomic E-state index is 0.145. The van der Waals surface area contributed by atoms with Crippen molar-refractivity contribution < 1.29 is 9.59 Å². The highest BCUT2D eigenvalue weighted by atomic mass is 32.1. The van der Waals surface area contributed by atoms with Gasteiger partial charge in [0.15, 0.2) is 0 Å². The summed E-state index contributed by atoms with van der Waals surface area (Å²) in [7, 11) is 0. The van der Waals surface area contributed by atoms with Gasteiger partial charge in [0, 0.05) is 11.3 Å². The van der Waals surface area contributed by atoms with Gasteiger partial charge < -0.3 is 11.1 Å². The van der Waals surface area contributed by atoms with Gasteiger partial charge in [-0.15, -0.1) is 11.3 Å². The van der Waals surface area contributed by atoms with Gasteiger partial charge in [-0.3, -0.25) is 9.59 Å². The van der Waals surface area contributed by atoms with Crippen LogP contribution in [0.1, 0.15) is 20.8 Å². The van der Waals surface area contributed by atoms with Gasteiger partial charge >= 0.3 is 0 Å². The van der Waals surface area contributed by atoms with Crippen LogP contribution >= 0.6 is 11.3 Å². The van der Waals surface area contributed by atoms with E-state index in [2.05, 4.69) is 5.32 Å². The predicted octanol–water partition coefficient (Wildman–Crippen LogP) is 4.00. The number of carbonyl (C=O) groups is 2. The van der Waals surface area contributed by atoms with E-state index in [1.165, 1.54) is 16.9 Å². The Hall–Kier alpha value is -2.92. The van der Waals surface area contributed by atoms with Crippen LogP contribution < -0.4 is 11.1 Å². The molecule has 3 rings (SSSR count). The molecule has 0 saturated heterocycles. The molecule has 3 aromatic rings. The largest absolute Gasteiger partial charge is 0.369 e. The molecule has 126 valence electrons. The van der Waals surface area contributed by atoms with Crippen LogP contribution in [0, 0.1) is 6.92 Å². The van der Waals surface area contributed by atoms with E-state index in [4.69, 9.17) is 5.73 Å². The minimum atomic E-state index is -0.377. The van der Waals surface area contributed by atoms with Gasteiger partial charge in [-0.25, -0.2) is 0 Å². The Morgan fingerprint density at radius 2 is 1.68 bits per heavy atom. The van der Waals surface area contributed by atoms with Crippen LogP contribution in [-0.2, 0) is 11.2 Å². The average molecular weight is 350 g/mol. The molecule has 25 heavy (non-hydrogen) atoms. The van der Waals surface area contributed by atoms with Crippen LogP contribution in [0.15, 0.2) is 60.0 Å². The summed E-state index contributed by atoms with van der Waals surface area (Å²) in [6.07, 6.45) is 0.191. The smallest absolute Gasteiger partial charge is 0.266 e. The van der Waals surface area contributed by atoms with Gasteiger partial charge in [-0.2, -0.15) is 0 Å². The van der Waals surface area contributed by atoms with E-state index < -0.39 is 0 Å². The van der Waals surface area contributed by atoms with E-state index in [-0.39, 0.29) is 18.2 Å². The number of thiophene rings is 1. The Balaban J connectivity index is 1.77. The van der Waals surface area contributed by atoms with E-state index in [0.29, 0.717) is 10.6 Å². The molecule has 0 aliphatic carbocycles. The van der Waals surface area contributed by atoms with Crippen LogP contribution in [0.4, 0.5) is 5.69 Å². The maximum absolute atomic E-state index is 12.6. The van der Waals surface area contributed by atoms with Crippen molar-refractivity contribution in [2.75, 3.05) is 5.32 Å². The molecule has 0 aliphatic heterocycles. The first kappa shape index (κ1) is 16.9. The molecule has 2 aromatic carbocycles. The topological polar surface area (TPSA) is 72.2 Å². The number of anilines is 1. The summed E-state index contributed by atoms with van der Waals surface area (Å²) in [5, 5.41) is 4.82. The molecule has 3 N–H and O–H groups in total. The van der Waals surface area contributed by atoms with E-state index in [9.17, 15) is 9.59 Å². The molecule has 0 atom stereocenters. The quantitative estimate of drug-likeness (QED) is 0.730. The lowest BCUT2D eigenvalue weighted by Crippen LogP contribution is -2.14. The monoisotopic (exact) mass is 350 g/mol. The first-order chi connectivity index (χ1) is 12.0. The third-order valence-corrected chi connectivity index (χ3v) is 4.74.